The molecule has 1 atom stereocenters. The van der Waals surface area contributed by atoms with Crippen LogP contribution < -0.4 is 10.6 Å². The van der Waals surface area contributed by atoms with Crippen LogP contribution in [0.2, 0.25) is 10.0 Å². The molecule has 0 fully saturated rings. The fourth-order valence-electron chi connectivity index (χ4n) is 4.62. The second-order valence-electron chi connectivity index (χ2n) is 9.10. The van der Waals surface area contributed by atoms with Gasteiger partial charge in [0.2, 0.25) is 0 Å². The lowest BCUT2D eigenvalue weighted by atomic mass is 9.96. The van der Waals surface area contributed by atoms with Crippen molar-refractivity contribution in [3.8, 4) is 0 Å². The van der Waals surface area contributed by atoms with Crippen molar-refractivity contribution in [1.29, 1.82) is 0 Å². The predicted octanol–water partition coefficient (Wildman–Crippen LogP) is 4.71. The number of carboxylic acid groups (broad SMARTS) is 1. The van der Waals surface area contributed by atoms with E-state index in [0.717, 1.165) is 35.1 Å². The number of nitrogens with zero attached hydrogens (tertiary/aromatic N) is 1. The number of rotatable bonds is 8. The van der Waals surface area contributed by atoms with Crippen molar-refractivity contribution in [3.63, 3.8) is 0 Å². The van der Waals surface area contributed by atoms with Gasteiger partial charge in [-0.15, -0.1) is 11.3 Å². The van der Waals surface area contributed by atoms with Crippen molar-refractivity contribution >= 4 is 63.2 Å². The smallest absolute Gasteiger partial charge is 0.328 e. The number of carbonyl (C=O) groups is 3. The van der Waals surface area contributed by atoms with E-state index in [2.05, 4.69) is 38.7 Å². The van der Waals surface area contributed by atoms with Crippen LogP contribution in [0.5, 0.6) is 0 Å². The van der Waals surface area contributed by atoms with E-state index < -0.39 is 23.8 Å². The number of aliphatic carboxylic acids is 1. The predicted molar refractivity (Wildman–Crippen MR) is 148 cm³/mol. The molecular formula is C27H24Cl2N4O4S. The largest absolute Gasteiger partial charge is 0.480 e. The molecule has 196 valence electrons. The molecular weight excluding hydrogens is 547 g/mol. The molecule has 1 aliphatic rings. The number of hydrogen-bond acceptors (Lipinski definition) is 5. The first-order valence-electron chi connectivity index (χ1n) is 11.9. The van der Waals surface area contributed by atoms with E-state index in [9.17, 15) is 19.5 Å². The maximum absolute atomic E-state index is 13.1. The van der Waals surface area contributed by atoms with E-state index in [4.69, 9.17) is 23.2 Å². The van der Waals surface area contributed by atoms with E-state index >= 15 is 0 Å². The number of amides is 2. The molecule has 0 saturated heterocycles. The van der Waals surface area contributed by atoms with Gasteiger partial charge in [0.1, 0.15) is 6.04 Å². The van der Waals surface area contributed by atoms with Gasteiger partial charge < -0.3 is 20.7 Å². The first kappa shape index (κ1) is 26.2. The summed E-state index contributed by atoms with van der Waals surface area (Å²) >= 11 is 14.4. The molecule has 4 aromatic rings. The zero-order valence-electron chi connectivity index (χ0n) is 20.1. The molecule has 0 bridgehead atoms. The third-order valence-electron chi connectivity index (χ3n) is 6.55. The van der Waals surface area contributed by atoms with E-state index in [1.54, 1.807) is 23.6 Å². The van der Waals surface area contributed by atoms with Gasteiger partial charge in [-0.2, -0.15) is 0 Å². The number of halogens is 2. The maximum atomic E-state index is 13.1. The lowest BCUT2D eigenvalue weighted by Gasteiger charge is -2.30. The number of benzene rings is 2. The molecule has 2 aromatic carbocycles. The van der Waals surface area contributed by atoms with Crippen molar-refractivity contribution in [1.82, 2.24) is 20.5 Å². The number of hydrogen-bond donors (Lipinski definition) is 4. The number of aromatic nitrogens is 1. The molecule has 0 saturated carbocycles. The lowest BCUT2D eigenvalue weighted by Crippen LogP contribution is -2.48. The third-order valence-corrected chi connectivity index (χ3v) is 8.14. The summed E-state index contributed by atoms with van der Waals surface area (Å²) in [4.78, 5) is 43.0. The summed E-state index contributed by atoms with van der Waals surface area (Å²) in [5, 5.41) is 17.9. The number of fused-ring (bicyclic) bond motifs is 2. The minimum atomic E-state index is -1.36. The Labute approximate surface area is 232 Å². The van der Waals surface area contributed by atoms with Crippen molar-refractivity contribution < 1.29 is 19.5 Å². The van der Waals surface area contributed by atoms with Crippen LogP contribution in [-0.4, -0.2) is 51.9 Å². The van der Waals surface area contributed by atoms with Crippen LogP contribution in [0.25, 0.3) is 10.9 Å². The summed E-state index contributed by atoms with van der Waals surface area (Å²) in [6.07, 6.45) is 2.54. The number of thiophene rings is 1. The highest BCUT2D eigenvalue weighted by molar-refractivity contribution is 7.12. The average Bonchev–Trinajstić information content (AvgIpc) is 3.58. The number of carbonyl (C=O) groups excluding carboxylic acids is 2. The topological polar surface area (TPSA) is 115 Å². The zero-order chi connectivity index (χ0) is 26.8. The minimum Gasteiger partial charge on any atom is -0.480 e. The van der Waals surface area contributed by atoms with Crippen molar-refractivity contribution in [2.75, 3.05) is 13.1 Å². The molecule has 0 aliphatic carbocycles. The second-order valence-corrected chi connectivity index (χ2v) is 10.8. The Kier molecular flexibility index (Phi) is 7.71. The van der Waals surface area contributed by atoms with Crippen LogP contribution in [0, 0.1) is 0 Å². The maximum Gasteiger partial charge on any atom is 0.328 e. The zero-order valence-corrected chi connectivity index (χ0v) is 22.4. The Morgan fingerprint density at radius 1 is 1.13 bits per heavy atom. The van der Waals surface area contributed by atoms with Gasteiger partial charge in [0.25, 0.3) is 11.8 Å². The van der Waals surface area contributed by atoms with Crippen molar-refractivity contribution in [2.24, 2.45) is 0 Å². The van der Waals surface area contributed by atoms with Gasteiger partial charge in [-0.1, -0.05) is 41.4 Å². The number of carboxylic acids is 1. The van der Waals surface area contributed by atoms with Gasteiger partial charge in [0, 0.05) is 37.9 Å². The van der Waals surface area contributed by atoms with Crippen LogP contribution in [-0.2, 0) is 24.3 Å². The van der Waals surface area contributed by atoms with Crippen LogP contribution in [0.15, 0.2) is 54.0 Å². The quantitative estimate of drug-likeness (QED) is 0.245. The summed E-state index contributed by atoms with van der Waals surface area (Å²) in [6.45, 7) is 1.82. The van der Waals surface area contributed by atoms with E-state index in [1.165, 1.54) is 16.9 Å². The molecule has 0 unspecified atom stereocenters. The van der Waals surface area contributed by atoms with Gasteiger partial charge in [-0.3, -0.25) is 14.5 Å². The SMILES string of the molecule is O=C(NC[C@H](NC(=O)c1c(Cl)cc2c(c1Cl)CCN(Cc1ccc3cc[nH]c3c1)C2)C(=O)O)c1cccs1. The molecule has 2 amide bonds. The van der Waals surface area contributed by atoms with Crippen molar-refractivity contribution in [2.45, 2.75) is 25.6 Å². The van der Waals surface area contributed by atoms with Gasteiger partial charge in [0.15, 0.2) is 0 Å². The first-order chi connectivity index (χ1) is 18.3. The Bertz CT molecular complexity index is 1520. The molecule has 1 aliphatic heterocycles. The Balaban J connectivity index is 1.27. The van der Waals surface area contributed by atoms with Crippen LogP contribution in [0.4, 0.5) is 0 Å². The summed E-state index contributed by atoms with van der Waals surface area (Å²) in [6, 6.07) is 12.1. The first-order valence-corrected chi connectivity index (χ1v) is 13.6. The van der Waals surface area contributed by atoms with Gasteiger partial charge in [-0.05, 0) is 58.1 Å². The minimum absolute atomic E-state index is 0.0357. The van der Waals surface area contributed by atoms with Crippen molar-refractivity contribution in [3.05, 3.63) is 91.2 Å². The fraction of sp³-hybridized carbons (Fsp3) is 0.222. The van der Waals surface area contributed by atoms with E-state index in [1.807, 2.05) is 12.3 Å². The molecule has 3 heterocycles. The standard InChI is InChI=1S/C27H24Cl2N4O4S/c28-19-11-17-14-33(13-15-3-4-16-5-7-30-20(16)10-15)8-6-18(17)24(29)23(19)26(35)32-21(27(36)37)12-31-25(34)22-2-1-9-38-22/h1-5,7,9-11,21,30H,6,8,12-14H2,(H,31,34)(H,32,35)(H,36,37)/t21-/m0/s1. The monoisotopic (exact) mass is 570 g/mol. The highest BCUT2D eigenvalue weighted by Crippen LogP contribution is 2.35. The van der Waals surface area contributed by atoms with Gasteiger partial charge in [-0.25, -0.2) is 4.79 Å². The molecule has 2 aromatic heterocycles. The molecule has 11 heteroatoms. The Morgan fingerprint density at radius 2 is 1.97 bits per heavy atom. The normalized spacial score (nSPS) is 14.2. The highest BCUT2D eigenvalue weighted by Gasteiger charge is 2.28. The summed E-state index contributed by atoms with van der Waals surface area (Å²) < 4.78 is 0. The molecule has 8 nitrogen and oxygen atoms in total. The fourth-order valence-corrected chi connectivity index (χ4v) is 6.03. The van der Waals surface area contributed by atoms with E-state index in [-0.39, 0.29) is 22.2 Å². The number of H-pyrrole nitrogens is 1. The third kappa shape index (κ3) is 5.56. The van der Waals surface area contributed by atoms with Gasteiger partial charge in [0.05, 0.1) is 20.5 Å². The summed E-state index contributed by atoms with van der Waals surface area (Å²) in [5.41, 5.74) is 4.07. The van der Waals surface area contributed by atoms with E-state index in [0.29, 0.717) is 17.8 Å². The highest BCUT2D eigenvalue weighted by atomic mass is 35.5. The van der Waals surface area contributed by atoms with Crippen LogP contribution in [0.3, 0.4) is 0 Å². The Morgan fingerprint density at radius 3 is 2.74 bits per heavy atom. The van der Waals surface area contributed by atoms with Crippen LogP contribution >= 0.6 is 34.5 Å². The molecule has 0 spiro atoms. The molecule has 38 heavy (non-hydrogen) atoms. The number of nitrogens with one attached hydrogen (secondary N) is 3. The molecule has 4 N–H and O–H groups in total. The lowest BCUT2D eigenvalue weighted by molar-refractivity contribution is -0.139. The summed E-state index contributed by atoms with van der Waals surface area (Å²) in [5.74, 6) is -2.41. The van der Waals surface area contributed by atoms with Gasteiger partial charge >= 0.3 is 5.97 Å². The molecule has 0 radical (unpaired) electrons. The second kappa shape index (κ2) is 11.2. The average molecular weight is 571 g/mol. The summed E-state index contributed by atoms with van der Waals surface area (Å²) in [7, 11) is 0. The van der Waals surface area contributed by atoms with Crippen LogP contribution in [0.1, 0.15) is 36.7 Å². The Hall–Kier alpha value is -3.37. The molecule has 5 rings (SSSR count). The number of aromatic amines is 1.